The van der Waals surface area contributed by atoms with Crippen LogP contribution in [0.5, 0.6) is 0 Å². The summed E-state index contributed by atoms with van der Waals surface area (Å²) in [6, 6.07) is 0.944. The van der Waals surface area contributed by atoms with Crippen molar-refractivity contribution in [3.8, 4) is 0 Å². The molecule has 2 heterocycles. The van der Waals surface area contributed by atoms with Gasteiger partial charge in [0, 0.05) is 17.6 Å². The first kappa shape index (κ1) is 13.0. The molecular formula is C13H14N4O2S. The fraction of sp³-hybridized carbons (Fsp3) is 0.385. The molecule has 0 saturated carbocycles. The third-order valence-electron chi connectivity index (χ3n) is 3.39. The summed E-state index contributed by atoms with van der Waals surface area (Å²) in [5.74, 6) is -0.285. The maximum absolute atomic E-state index is 12.1. The molecule has 0 saturated heterocycles. The summed E-state index contributed by atoms with van der Waals surface area (Å²) in [6.07, 6.45) is 4.41. The molecule has 2 aromatic heterocycles. The molecule has 6 nitrogen and oxygen atoms in total. The van der Waals surface area contributed by atoms with Crippen molar-refractivity contribution < 1.29 is 4.79 Å². The summed E-state index contributed by atoms with van der Waals surface area (Å²) in [4.78, 5) is 28.1. The van der Waals surface area contributed by atoms with Crippen LogP contribution in [0.15, 0.2) is 22.4 Å². The van der Waals surface area contributed by atoms with E-state index in [4.69, 9.17) is 0 Å². The van der Waals surface area contributed by atoms with Gasteiger partial charge in [-0.1, -0.05) is 0 Å². The summed E-state index contributed by atoms with van der Waals surface area (Å²) < 4.78 is 1.26. The van der Waals surface area contributed by atoms with Gasteiger partial charge in [0.2, 0.25) is 0 Å². The molecule has 1 aliphatic rings. The van der Waals surface area contributed by atoms with E-state index in [0.29, 0.717) is 5.13 Å². The van der Waals surface area contributed by atoms with Gasteiger partial charge in [0.15, 0.2) is 5.13 Å². The van der Waals surface area contributed by atoms with Crippen molar-refractivity contribution in [3.05, 3.63) is 39.3 Å². The highest BCUT2D eigenvalue weighted by atomic mass is 32.1. The minimum Gasteiger partial charge on any atom is -0.300 e. The van der Waals surface area contributed by atoms with Gasteiger partial charge in [-0.25, -0.2) is 9.67 Å². The van der Waals surface area contributed by atoms with Crippen LogP contribution in [-0.2, 0) is 17.6 Å². The van der Waals surface area contributed by atoms with Crippen molar-refractivity contribution in [2.75, 3.05) is 5.32 Å². The number of fused-ring (bicyclic) bond motifs is 1. The maximum atomic E-state index is 12.1. The van der Waals surface area contributed by atoms with Crippen LogP contribution in [0, 0.1) is 0 Å². The Morgan fingerprint density at radius 3 is 3.10 bits per heavy atom. The Kier molecular flexibility index (Phi) is 3.35. The van der Waals surface area contributed by atoms with Gasteiger partial charge in [-0.15, -0.1) is 11.3 Å². The molecule has 1 aliphatic carbocycles. The molecule has 1 amide bonds. The molecule has 20 heavy (non-hydrogen) atoms. The average molecular weight is 290 g/mol. The molecule has 3 rings (SSSR count). The monoisotopic (exact) mass is 290 g/mol. The number of aromatic nitrogens is 3. The van der Waals surface area contributed by atoms with Gasteiger partial charge in [0.05, 0.1) is 5.69 Å². The molecule has 1 N–H and O–H groups in total. The number of carbonyl (C=O) groups is 1. The van der Waals surface area contributed by atoms with Crippen LogP contribution in [0.25, 0.3) is 0 Å². The first-order valence-electron chi connectivity index (χ1n) is 6.47. The largest absolute Gasteiger partial charge is 0.300 e. The van der Waals surface area contributed by atoms with E-state index >= 15 is 0 Å². The number of anilines is 1. The van der Waals surface area contributed by atoms with Gasteiger partial charge < -0.3 is 5.32 Å². The zero-order valence-corrected chi connectivity index (χ0v) is 11.8. The van der Waals surface area contributed by atoms with Crippen LogP contribution in [0.1, 0.15) is 30.6 Å². The maximum Gasteiger partial charge on any atom is 0.267 e. The lowest BCUT2D eigenvalue weighted by Crippen LogP contribution is -2.33. The van der Waals surface area contributed by atoms with Gasteiger partial charge in [-0.3, -0.25) is 9.59 Å². The fourth-order valence-electron chi connectivity index (χ4n) is 2.30. The third kappa shape index (κ3) is 2.36. The van der Waals surface area contributed by atoms with Crippen LogP contribution in [-0.4, -0.2) is 20.7 Å². The highest BCUT2D eigenvalue weighted by Crippen LogP contribution is 2.18. The standard InChI is InChI=1S/C13H14N4O2S/c1-8(12(19)15-13-14-5-6-20-13)17-11(18)7-9-3-2-4-10(9)16-17/h5-8H,2-4H2,1H3,(H,14,15,19)/t8-/m1/s1. The van der Waals surface area contributed by atoms with Gasteiger partial charge in [-0.2, -0.15) is 5.10 Å². The Labute approximate surface area is 119 Å². The first-order chi connectivity index (χ1) is 9.65. The third-order valence-corrected chi connectivity index (χ3v) is 4.08. The molecule has 0 aliphatic heterocycles. The molecular weight excluding hydrogens is 276 g/mol. The number of hydrogen-bond donors (Lipinski definition) is 1. The van der Waals surface area contributed by atoms with E-state index in [0.717, 1.165) is 30.5 Å². The van der Waals surface area contributed by atoms with E-state index in [1.807, 2.05) is 0 Å². The lowest BCUT2D eigenvalue weighted by Gasteiger charge is -2.14. The lowest BCUT2D eigenvalue weighted by molar-refractivity contribution is -0.119. The first-order valence-corrected chi connectivity index (χ1v) is 7.35. The SMILES string of the molecule is C[C@H](C(=O)Nc1nccs1)n1nc2c(cc1=O)CCC2. The normalized spacial score (nSPS) is 14.8. The van der Waals surface area contributed by atoms with Crippen LogP contribution >= 0.6 is 11.3 Å². The number of thiazole rings is 1. The molecule has 0 aromatic carbocycles. The average Bonchev–Trinajstić information content (AvgIpc) is 3.07. The molecule has 2 aromatic rings. The van der Waals surface area contributed by atoms with E-state index in [1.54, 1.807) is 24.6 Å². The van der Waals surface area contributed by atoms with Gasteiger partial charge in [-0.05, 0) is 31.7 Å². The highest BCUT2D eigenvalue weighted by Gasteiger charge is 2.21. The summed E-state index contributed by atoms with van der Waals surface area (Å²) in [5, 5.41) is 9.32. The summed E-state index contributed by atoms with van der Waals surface area (Å²) >= 11 is 1.34. The van der Waals surface area contributed by atoms with Gasteiger partial charge in [0.1, 0.15) is 6.04 Å². The number of nitrogens with zero attached hydrogens (tertiary/aromatic N) is 3. The number of nitrogens with one attached hydrogen (secondary N) is 1. The predicted molar refractivity (Wildman–Crippen MR) is 76.0 cm³/mol. The van der Waals surface area contributed by atoms with Crippen molar-refractivity contribution in [1.82, 2.24) is 14.8 Å². The van der Waals surface area contributed by atoms with Crippen molar-refractivity contribution in [2.45, 2.75) is 32.2 Å². The molecule has 104 valence electrons. The number of amides is 1. The Hall–Kier alpha value is -2.02. The van der Waals surface area contributed by atoms with Crippen LogP contribution in [0.2, 0.25) is 0 Å². The van der Waals surface area contributed by atoms with Crippen molar-refractivity contribution in [1.29, 1.82) is 0 Å². The van der Waals surface area contributed by atoms with E-state index < -0.39 is 6.04 Å². The van der Waals surface area contributed by atoms with Crippen LogP contribution in [0.4, 0.5) is 5.13 Å². The molecule has 0 unspecified atom stereocenters. The van der Waals surface area contributed by atoms with Gasteiger partial charge in [0.25, 0.3) is 11.5 Å². The Morgan fingerprint density at radius 1 is 1.50 bits per heavy atom. The molecule has 0 fully saturated rings. The Morgan fingerprint density at radius 2 is 2.35 bits per heavy atom. The number of carbonyl (C=O) groups excluding carboxylic acids is 1. The van der Waals surface area contributed by atoms with Crippen LogP contribution < -0.4 is 10.9 Å². The van der Waals surface area contributed by atoms with E-state index in [9.17, 15) is 9.59 Å². The topological polar surface area (TPSA) is 76.9 Å². The molecule has 7 heteroatoms. The second-order valence-electron chi connectivity index (χ2n) is 4.76. The summed E-state index contributed by atoms with van der Waals surface area (Å²) in [7, 11) is 0. The number of hydrogen-bond acceptors (Lipinski definition) is 5. The number of aryl methyl sites for hydroxylation is 2. The smallest absolute Gasteiger partial charge is 0.267 e. The quantitative estimate of drug-likeness (QED) is 0.926. The zero-order valence-electron chi connectivity index (χ0n) is 11.0. The molecule has 0 bridgehead atoms. The van der Waals surface area contributed by atoms with Gasteiger partial charge >= 0.3 is 0 Å². The van der Waals surface area contributed by atoms with Crippen molar-refractivity contribution in [3.63, 3.8) is 0 Å². The van der Waals surface area contributed by atoms with E-state index in [2.05, 4.69) is 15.4 Å². The highest BCUT2D eigenvalue weighted by molar-refractivity contribution is 7.13. The number of rotatable bonds is 3. The lowest BCUT2D eigenvalue weighted by atomic mass is 10.2. The molecule has 0 radical (unpaired) electrons. The Bertz CT molecular complexity index is 693. The predicted octanol–water partition coefficient (Wildman–Crippen LogP) is 1.39. The Balaban J connectivity index is 1.85. The second kappa shape index (κ2) is 5.16. The van der Waals surface area contributed by atoms with E-state index in [-0.39, 0.29) is 11.5 Å². The minimum absolute atomic E-state index is 0.229. The summed E-state index contributed by atoms with van der Waals surface area (Å²) in [5.41, 5.74) is 1.71. The van der Waals surface area contributed by atoms with Crippen LogP contribution in [0.3, 0.4) is 0 Å². The second-order valence-corrected chi connectivity index (χ2v) is 5.65. The molecule has 1 atom stereocenters. The summed E-state index contributed by atoms with van der Waals surface area (Å²) in [6.45, 7) is 1.67. The fourth-order valence-corrected chi connectivity index (χ4v) is 2.83. The minimum atomic E-state index is -0.655. The molecule has 0 spiro atoms. The van der Waals surface area contributed by atoms with Crippen molar-refractivity contribution >= 4 is 22.4 Å². The zero-order chi connectivity index (χ0) is 14.1. The van der Waals surface area contributed by atoms with E-state index in [1.165, 1.54) is 16.0 Å². The van der Waals surface area contributed by atoms with Crippen molar-refractivity contribution in [2.24, 2.45) is 0 Å².